The molecule has 0 saturated heterocycles. The van der Waals surface area contributed by atoms with Crippen LogP contribution in [0.5, 0.6) is 0 Å². The number of carbonyl (C=O) groups is 1. The minimum atomic E-state index is -3.51. The monoisotopic (exact) mass is 249 g/mol. The Bertz CT molecular complexity index is 341. The molecule has 0 fully saturated rings. The number of nitrogens with zero attached hydrogens (tertiary/aromatic N) is 1. The van der Waals surface area contributed by atoms with Crippen LogP contribution in [0.1, 0.15) is 12.6 Å². The van der Waals surface area contributed by atoms with Crippen molar-refractivity contribution in [3.05, 3.63) is 28.5 Å². The van der Waals surface area contributed by atoms with E-state index in [0.717, 1.165) is 6.92 Å². The molecule has 5 heteroatoms. The molecular weight excluding hydrogens is 244 g/mol. The van der Waals surface area contributed by atoms with Crippen LogP contribution in [0, 0.1) is 0 Å². The second kappa shape index (κ2) is 3.49. The quantitative estimate of drug-likeness (QED) is 0.807. The molecule has 1 aromatic heterocycles. The van der Waals surface area contributed by atoms with Crippen LogP contribution in [0.3, 0.4) is 0 Å². The fourth-order valence-electron chi connectivity index (χ4n) is 0.783. The molecule has 1 heterocycles. The van der Waals surface area contributed by atoms with Gasteiger partial charge in [0.05, 0.1) is 0 Å². The number of pyridine rings is 1. The summed E-state index contributed by atoms with van der Waals surface area (Å²) in [6, 6.07) is 2.92. The second-order valence-electron chi connectivity index (χ2n) is 2.46. The normalized spacial score (nSPS) is 11.4. The van der Waals surface area contributed by atoms with E-state index in [2.05, 4.69) is 20.9 Å². The Labute approximate surface area is 82.1 Å². The standard InChI is InChI=1S/C8H6BrF2NO/c1-5(13)8(10,11)7-6(9)3-2-4-12-7/h2-4H,1H3. The average molecular weight is 250 g/mol. The molecule has 0 spiro atoms. The molecular formula is C8H6BrF2NO. The molecule has 0 aliphatic heterocycles. The van der Waals surface area contributed by atoms with Crippen molar-refractivity contribution in [2.45, 2.75) is 12.8 Å². The Hall–Kier alpha value is -0.840. The third-order valence-corrected chi connectivity index (χ3v) is 2.14. The lowest BCUT2D eigenvalue weighted by Crippen LogP contribution is -2.24. The molecule has 0 atom stereocenters. The summed E-state index contributed by atoms with van der Waals surface area (Å²) in [5, 5.41) is 0. The number of ketones is 1. The summed E-state index contributed by atoms with van der Waals surface area (Å²) in [4.78, 5) is 14.1. The third-order valence-electron chi connectivity index (χ3n) is 1.50. The van der Waals surface area contributed by atoms with Crippen LogP contribution in [0.15, 0.2) is 22.8 Å². The van der Waals surface area contributed by atoms with Gasteiger partial charge in [0, 0.05) is 17.6 Å². The first-order valence-corrected chi connectivity index (χ1v) is 4.25. The van der Waals surface area contributed by atoms with Gasteiger partial charge in [0.2, 0.25) is 5.78 Å². The van der Waals surface area contributed by atoms with E-state index in [9.17, 15) is 13.6 Å². The fraction of sp³-hybridized carbons (Fsp3) is 0.250. The molecule has 13 heavy (non-hydrogen) atoms. The number of halogens is 3. The molecule has 2 nitrogen and oxygen atoms in total. The van der Waals surface area contributed by atoms with Crippen molar-refractivity contribution in [3.63, 3.8) is 0 Å². The van der Waals surface area contributed by atoms with E-state index in [1.807, 2.05) is 0 Å². The minimum absolute atomic E-state index is 0.134. The minimum Gasteiger partial charge on any atom is -0.293 e. The molecule has 0 radical (unpaired) electrons. The number of alkyl halides is 2. The molecule has 1 aromatic rings. The van der Waals surface area contributed by atoms with Crippen LogP contribution in [0.4, 0.5) is 8.78 Å². The lowest BCUT2D eigenvalue weighted by molar-refractivity contribution is -0.142. The zero-order valence-corrected chi connectivity index (χ0v) is 8.31. The van der Waals surface area contributed by atoms with Crippen molar-refractivity contribution in [3.8, 4) is 0 Å². The molecule has 0 N–H and O–H groups in total. The number of rotatable bonds is 2. The molecule has 0 saturated carbocycles. The van der Waals surface area contributed by atoms with Gasteiger partial charge in [-0.25, -0.2) is 0 Å². The van der Waals surface area contributed by atoms with Crippen molar-refractivity contribution in [1.82, 2.24) is 4.98 Å². The summed E-state index contributed by atoms with van der Waals surface area (Å²) >= 11 is 2.91. The highest BCUT2D eigenvalue weighted by atomic mass is 79.9. The number of aromatic nitrogens is 1. The van der Waals surface area contributed by atoms with E-state index in [1.165, 1.54) is 18.3 Å². The summed E-state index contributed by atoms with van der Waals surface area (Å²) in [6.07, 6.45) is 1.22. The summed E-state index contributed by atoms with van der Waals surface area (Å²) in [7, 11) is 0. The topological polar surface area (TPSA) is 30.0 Å². The summed E-state index contributed by atoms with van der Waals surface area (Å²) in [5.74, 6) is -4.73. The van der Waals surface area contributed by atoms with Crippen LogP contribution >= 0.6 is 15.9 Å². The molecule has 0 unspecified atom stereocenters. The SMILES string of the molecule is CC(=O)C(F)(F)c1ncccc1Br. The Morgan fingerprint density at radius 1 is 1.62 bits per heavy atom. The number of hydrogen-bond donors (Lipinski definition) is 0. The Morgan fingerprint density at radius 2 is 2.23 bits per heavy atom. The van der Waals surface area contributed by atoms with Gasteiger partial charge in [-0.15, -0.1) is 0 Å². The van der Waals surface area contributed by atoms with Crippen molar-refractivity contribution >= 4 is 21.7 Å². The molecule has 0 amide bonds. The van der Waals surface area contributed by atoms with Crippen LogP contribution in [-0.4, -0.2) is 10.8 Å². The van der Waals surface area contributed by atoms with E-state index >= 15 is 0 Å². The Kier molecular flexibility index (Phi) is 2.75. The Balaban J connectivity index is 3.22. The van der Waals surface area contributed by atoms with Gasteiger partial charge in [0.25, 0.3) is 0 Å². The van der Waals surface area contributed by atoms with Crippen molar-refractivity contribution in [2.24, 2.45) is 0 Å². The van der Waals surface area contributed by atoms with Gasteiger partial charge >= 0.3 is 5.92 Å². The van der Waals surface area contributed by atoms with E-state index in [1.54, 1.807) is 0 Å². The number of Topliss-reactive ketones (excluding diaryl/α,β-unsaturated/α-hetero) is 1. The summed E-state index contributed by atoms with van der Waals surface area (Å²) in [5.41, 5.74) is -0.539. The predicted octanol–water partition coefficient (Wildman–Crippen LogP) is 2.52. The maximum atomic E-state index is 13.1. The zero-order chi connectivity index (χ0) is 10.1. The molecule has 1 rings (SSSR count). The molecule has 0 aliphatic carbocycles. The molecule has 0 aromatic carbocycles. The molecule has 70 valence electrons. The third kappa shape index (κ3) is 1.91. The van der Waals surface area contributed by atoms with Gasteiger partial charge in [0.15, 0.2) is 0 Å². The van der Waals surface area contributed by atoms with E-state index in [4.69, 9.17) is 0 Å². The van der Waals surface area contributed by atoms with Gasteiger partial charge < -0.3 is 0 Å². The second-order valence-corrected chi connectivity index (χ2v) is 3.32. The Morgan fingerprint density at radius 3 is 2.69 bits per heavy atom. The average Bonchev–Trinajstić information content (AvgIpc) is 2.04. The summed E-state index contributed by atoms with van der Waals surface area (Å²) in [6.45, 7) is 0.834. The lowest BCUT2D eigenvalue weighted by atomic mass is 10.1. The fourth-order valence-corrected chi connectivity index (χ4v) is 1.29. The van der Waals surface area contributed by atoms with Crippen LogP contribution in [0.2, 0.25) is 0 Å². The van der Waals surface area contributed by atoms with Crippen molar-refractivity contribution < 1.29 is 13.6 Å². The van der Waals surface area contributed by atoms with Crippen molar-refractivity contribution in [1.29, 1.82) is 0 Å². The highest BCUT2D eigenvalue weighted by molar-refractivity contribution is 9.10. The van der Waals surface area contributed by atoms with E-state index in [0.29, 0.717) is 0 Å². The maximum absolute atomic E-state index is 13.1. The van der Waals surface area contributed by atoms with Crippen LogP contribution in [-0.2, 0) is 10.7 Å². The van der Waals surface area contributed by atoms with Gasteiger partial charge in [0.1, 0.15) is 5.69 Å². The first kappa shape index (κ1) is 10.2. The van der Waals surface area contributed by atoms with E-state index in [-0.39, 0.29) is 4.47 Å². The molecule has 0 bridgehead atoms. The highest BCUT2D eigenvalue weighted by Crippen LogP contribution is 2.32. The highest BCUT2D eigenvalue weighted by Gasteiger charge is 2.40. The van der Waals surface area contributed by atoms with Gasteiger partial charge in [-0.3, -0.25) is 9.78 Å². The molecule has 0 aliphatic rings. The van der Waals surface area contributed by atoms with Crippen LogP contribution < -0.4 is 0 Å². The maximum Gasteiger partial charge on any atom is 0.347 e. The smallest absolute Gasteiger partial charge is 0.293 e. The number of hydrogen-bond acceptors (Lipinski definition) is 2. The summed E-state index contributed by atoms with van der Waals surface area (Å²) < 4.78 is 26.3. The van der Waals surface area contributed by atoms with Gasteiger partial charge in [-0.1, -0.05) is 0 Å². The van der Waals surface area contributed by atoms with Crippen LogP contribution in [0.25, 0.3) is 0 Å². The largest absolute Gasteiger partial charge is 0.347 e. The van der Waals surface area contributed by atoms with Gasteiger partial charge in [-0.05, 0) is 28.1 Å². The first-order chi connectivity index (χ1) is 5.96. The lowest BCUT2D eigenvalue weighted by Gasteiger charge is -2.12. The van der Waals surface area contributed by atoms with Crippen molar-refractivity contribution in [2.75, 3.05) is 0 Å². The predicted molar refractivity (Wildman–Crippen MR) is 46.5 cm³/mol. The zero-order valence-electron chi connectivity index (χ0n) is 6.72. The van der Waals surface area contributed by atoms with E-state index < -0.39 is 17.4 Å². The number of carbonyl (C=O) groups excluding carboxylic acids is 1. The van der Waals surface area contributed by atoms with Gasteiger partial charge in [-0.2, -0.15) is 8.78 Å². The first-order valence-electron chi connectivity index (χ1n) is 3.46.